The average molecular weight is 346 g/mol. The van der Waals surface area contributed by atoms with Crippen LogP contribution in [0.15, 0.2) is 30.3 Å². The number of para-hydroxylation sites is 1. The SMILES string of the molecule is Cc1nc(COc2ccccc2)sc1CC(=O)NCC1CCCO1. The van der Waals surface area contributed by atoms with Crippen molar-refractivity contribution in [2.45, 2.75) is 38.9 Å². The van der Waals surface area contributed by atoms with Gasteiger partial charge in [-0.25, -0.2) is 4.98 Å². The first-order valence-electron chi connectivity index (χ1n) is 8.22. The van der Waals surface area contributed by atoms with Crippen molar-refractivity contribution in [1.29, 1.82) is 0 Å². The summed E-state index contributed by atoms with van der Waals surface area (Å²) >= 11 is 1.54. The summed E-state index contributed by atoms with van der Waals surface area (Å²) in [5.74, 6) is 0.842. The molecule has 1 amide bonds. The molecule has 1 aliphatic rings. The Kier molecular flexibility index (Phi) is 5.82. The molecule has 1 N–H and O–H groups in total. The van der Waals surface area contributed by atoms with Gasteiger partial charge < -0.3 is 14.8 Å². The molecular weight excluding hydrogens is 324 g/mol. The van der Waals surface area contributed by atoms with Gasteiger partial charge >= 0.3 is 0 Å². The molecule has 0 saturated carbocycles. The fraction of sp³-hybridized carbons (Fsp3) is 0.444. The predicted molar refractivity (Wildman–Crippen MR) is 93.3 cm³/mol. The first kappa shape index (κ1) is 16.9. The number of hydrogen-bond acceptors (Lipinski definition) is 5. The number of thiazole rings is 1. The molecule has 2 aromatic rings. The lowest BCUT2D eigenvalue weighted by Gasteiger charge is -2.10. The maximum absolute atomic E-state index is 12.1. The van der Waals surface area contributed by atoms with Crippen molar-refractivity contribution in [2.24, 2.45) is 0 Å². The van der Waals surface area contributed by atoms with Crippen LogP contribution in [0.4, 0.5) is 0 Å². The van der Waals surface area contributed by atoms with E-state index in [1.807, 2.05) is 37.3 Å². The maximum atomic E-state index is 12.1. The largest absolute Gasteiger partial charge is 0.486 e. The van der Waals surface area contributed by atoms with Crippen molar-refractivity contribution in [3.05, 3.63) is 45.9 Å². The molecule has 0 radical (unpaired) electrons. The Morgan fingerprint density at radius 2 is 2.25 bits per heavy atom. The van der Waals surface area contributed by atoms with E-state index in [0.29, 0.717) is 19.6 Å². The fourth-order valence-electron chi connectivity index (χ4n) is 2.62. The molecule has 1 fully saturated rings. The van der Waals surface area contributed by atoms with E-state index in [4.69, 9.17) is 9.47 Å². The Morgan fingerprint density at radius 3 is 3.00 bits per heavy atom. The van der Waals surface area contributed by atoms with Gasteiger partial charge in [0.05, 0.1) is 18.2 Å². The maximum Gasteiger partial charge on any atom is 0.225 e. The minimum atomic E-state index is 0.0211. The smallest absolute Gasteiger partial charge is 0.225 e. The highest BCUT2D eigenvalue weighted by atomic mass is 32.1. The van der Waals surface area contributed by atoms with Crippen molar-refractivity contribution in [1.82, 2.24) is 10.3 Å². The lowest BCUT2D eigenvalue weighted by atomic mass is 10.2. The Hall–Kier alpha value is -1.92. The predicted octanol–water partition coefficient (Wildman–Crippen LogP) is 2.87. The molecule has 1 unspecified atom stereocenters. The van der Waals surface area contributed by atoms with Crippen molar-refractivity contribution in [3.8, 4) is 5.75 Å². The van der Waals surface area contributed by atoms with Gasteiger partial charge in [-0.2, -0.15) is 0 Å². The summed E-state index contributed by atoms with van der Waals surface area (Å²) in [5, 5.41) is 3.84. The van der Waals surface area contributed by atoms with Crippen LogP contribution in [-0.2, 0) is 22.6 Å². The molecule has 1 aromatic carbocycles. The quantitative estimate of drug-likeness (QED) is 0.837. The zero-order valence-corrected chi connectivity index (χ0v) is 14.6. The standard InChI is InChI=1S/C18H22N2O3S/c1-13-16(10-17(21)19-11-15-8-5-9-22-15)24-18(20-13)12-23-14-6-3-2-4-7-14/h2-4,6-7,15H,5,8-12H2,1H3,(H,19,21). The van der Waals surface area contributed by atoms with Crippen molar-refractivity contribution < 1.29 is 14.3 Å². The van der Waals surface area contributed by atoms with E-state index in [2.05, 4.69) is 10.3 Å². The fourth-order valence-corrected chi connectivity index (χ4v) is 3.60. The van der Waals surface area contributed by atoms with Crippen LogP contribution in [-0.4, -0.2) is 30.1 Å². The van der Waals surface area contributed by atoms with Crippen LogP contribution in [0.5, 0.6) is 5.75 Å². The van der Waals surface area contributed by atoms with E-state index in [-0.39, 0.29) is 12.0 Å². The molecule has 5 nitrogen and oxygen atoms in total. The third-order valence-electron chi connectivity index (χ3n) is 3.91. The molecule has 24 heavy (non-hydrogen) atoms. The summed E-state index contributed by atoms with van der Waals surface area (Å²) in [7, 11) is 0. The molecule has 6 heteroatoms. The number of hydrogen-bond donors (Lipinski definition) is 1. The van der Waals surface area contributed by atoms with Crippen LogP contribution in [0.1, 0.15) is 28.4 Å². The summed E-state index contributed by atoms with van der Waals surface area (Å²) in [6.45, 7) is 3.76. The van der Waals surface area contributed by atoms with E-state index < -0.39 is 0 Å². The molecule has 0 aliphatic carbocycles. The number of ether oxygens (including phenoxy) is 2. The van der Waals surface area contributed by atoms with E-state index in [0.717, 1.165) is 40.8 Å². The van der Waals surface area contributed by atoms with Gasteiger partial charge in [-0.1, -0.05) is 18.2 Å². The van der Waals surface area contributed by atoms with Crippen molar-refractivity contribution >= 4 is 17.2 Å². The van der Waals surface area contributed by atoms with Gasteiger partial charge in [0, 0.05) is 18.0 Å². The summed E-state index contributed by atoms with van der Waals surface area (Å²) in [6, 6.07) is 9.66. The van der Waals surface area contributed by atoms with Crippen LogP contribution in [0, 0.1) is 6.92 Å². The summed E-state index contributed by atoms with van der Waals surface area (Å²) in [6.07, 6.45) is 2.65. The number of rotatable bonds is 7. The van der Waals surface area contributed by atoms with Crippen LogP contribution in [0.25, 0.3) is 0 Å². The number of carbonyl (C=O) groups excluding carboxylic acids is 1. The van der Waals surface area contributed by atoms with Gasteiger partial charge in [-0.15, -0.1) is 11.3 Å². The van der Waals surface area contributed by atoms with Gasteiger partial charge in [0.2, 0.25) is 5.91 Å². The highest BCUT2D eigenvalue weighted by molar-refractivity contribution is 7.11. The summed E-state index contributed by atoms with van der Waals surface area (Å²) < 4.78 is 11.2. The van der Waals surface area contributed by atoms with Gasteiger partial charge in [0.1, 0.15) is 17.4 Å². The van der Waals surface area contributed by atoms with E-state index in [1.165, 1.54) is 11.3 Å². The molecule has 3 rings (SSSR count). The Morgan fingerprint density at radius 1 is 1.42 bits per heavy atom. The summed E-state index contributed by atoms with van der Waals surface area (Å²) in [4.78, 5) is 17.6. The first-order valence-corrected chi connectivity index (χ1v) is 9.03. The van der Waals surface area contributed by atoms with E-state index >= 15 is 0 Å². The molecule has 1 aliphatic heterocycles. The molecule has 2 heterocycles. The third-order valence-corrected chi connectivity index (χ3v) is 5.05. The first-order chi connectivity index (χ1) is 11.7. The second-order valence-corrected chi connectivity index (χ2v) is 7.00. The van der Waals surface area contributed by atoms with E-state index in [1.54, 1.807) is 0 Å². The Bertz CT molecular complexity index is 666. The minimum Gasteiger partial charge on any atom is -0.486 e. The minimum absolute atomic E-state index is 0.0211. The van der Waals surface area contributed by atoms with Crippen LogP contribution in [0.2, 0.25) is 0 Å². The highest BCUT2D eigenvalue weighted by Gasteiger charge is 2.17. The molecule has 0 spiro atoms. The summed E-state index contributed by atoms with van der Waals surface area (Å²) in [5.41, 5.74) is 0.902. The van der Waals surface area contributed by atoms with Gasteiger partial charge in [-0.05, 0) is 31.9 Å². The second-order valence-electron chi connectivity index (χ2n) is 5.83. The monoisotopic (exact) mass is 346 g/mol. The zero-order valence-electron chi connectivity index (χ0n) is 13.8. The van der Waals surface area contributed by atoms with Crippen LogP contribution >= 0.6 is 11.3 Å². The Labute approximate surface area is 146 Å². The molecule has 0 bridgehead atoms. The molecule has 1 saturated heterocycles. The number of aryl methyl sites for hydroxylation is 1. The van der Waals surface area contributed by atoms with Crippen molar-refractivity contribution in [2.75, 3.05) is 13.2 Å². The van der Waals surface area contributed by atoms with Crippen LogP contribution in [0.3, 0.4) is 0 Å². The normalized spacial score (nSPS) is 17.0. The molecule has 1 atom stereocenters. The lowest BCUT2D eigenvalue weighted by molar-refractivity contribution is -0.120. The average Bonchev–Trinajstić information content (AvgIpc) is 3.22. The van der Waals surface area contributed by atoms with Gasteiger partial charge in [0.15, 0.2) is 0 Å². The topological polar surface area (TPSA) is 60.5 Å². The van der Waals surface area contributed by atoms with Crippen molar-refractivity contribution in [3.63, 3.8) is 0 Å². The molecule has 1 aromatic heterocycles. The number of nitrogens with zero attached hydrogens (tertiary/aromatic N) is 1. The second kappa shape index (κ2) is 8.26. The van der Waals surface area contributed by atoms with Gasteiger partial charge in [-0.3, -0.25) is 4.79 Å². The number of nitrogens with one attached hydrogen (secondary N) is 1. The number of benzene rings is 1. The Balaban J connectivity index is 1.48. The third kappa shape index (κ3) is 4.79. The number of amides is 1. The zero-order chi connectivity index (χ0) is 16.8. The van der Waals surface area contributed by atoms with Crippen LogP contribution < -0.4 is 10.1 Å². The highest BCUT2D eigenvalue weighted by Crippen LogP contribution is 2.21. The lowest BCUT2D eigenvalue weighted by Crippen LogP contribution is -2.32. The van der Waals surface area contributed by atoms with E-state index in [9.17, 15) is 4.79 Å². The number of carbonyl (C=O) groups is 1. The molecule has 128 valence electrons. The molecular formula is C18H22N2O3S. The van der Waals surface area contributed by atoms with Gasteiger partial charge in [0.25, 0.3) is 0 Å². The number of aromatic nitrogens is 1.